The zero-order valence-corrected chi connectivity index (χ0v) is 14.8. The van der Waals surface area contributed by atoms with Gasteiger partial charge in [0.15, 0.2) is 0 Å². The number of hydrogen-bond acceptors (Lipinski definition) is 2. The SMILES string of the molecule is CCNC(Cc1c(Br)c(C)nn1CC)C(C)(C)CC. The van der Waals surface area contributed by atoms with Gasteiger partial charge in [-0.05, 0) is 48.2 Å². The Bertz CT molecular complexity index is 410. The molecule has 0 aromatic carbocycles. The Morgan fingerprint density at radius 1 is 1.32 bits per heavy atom. The number of likely N-dealkylation sites (N-methyl/N-ethyl adjacent to an activating group) is 1. The monoisotopic (exact) mass is 329 g/mol. The van der Waals surface area contributed by atoms with E-state index in [2.05, 4.69) is 72.6 Å². The lowest BCUT2D eigenvalue weighted by molar-refractivity contribution is 0.229. The Kier molecular flexibility index (Phi) is 6.06. The molecule has 19 heavy (non-hydrogen) atoms. The summed E-state index contributed by atoms with van der Waals surface area (Å²) in [7, 11) is 0. The Labute approximate surface area is 126 Å². The lowest BCUT2D eigenvalue weighted by Crippen LogP contribution is -2.43. The first-order chi connectivity index (χ1) is 8.87. The fraction of sp³-hybridized carbons (Fsp3) is 0.800. The fourth-order valence-electron chi connectivity index (χ4n) is 2.37. The highest BCUT2D eigenvalue weighted by Gasteiger charge is 2.29. The molecule has 1 aromatic heterocycles. The summed E-state index contributed by atoms with van der Waals surface area (Å²) in [5.74, 6) is 0. The van der Waals surface area contributed by atoms with Crippen LogP contribution in [0, 0.1) is 12.3 Å². The van der Waals surface area contributed by atoms with Gasteiger partial charge in [-0.2, -0.15) is 5.10 Å². The van der Waals surface area contributed by atoms with Crippen LogP contribution in [0.25, 0.3) is 0 Å². The zero-order chi connectivity index (χ0) is 14.6. The van der Waals surface area contributed by atoms with E-state index in [4.69, 9.17) is 0 Å². The molecule has 4 heteroatoms. The average molecular weight is 330 g/mol. The summed E-state index contributed by atoms with van der Waals surface area (Å²) in [6.07, 6.45) is 2.19. The molecule has 1 unspecified atom stereocenters. The maximum Gasteiger partial charge on any atom is 0.0738 e. The molecule has 110 valence electrons. The standard InChI is InChI=1S/C15H28BrN3/c1-7-15(5,6)13(17-8-2)10-12-14(16)11(4)18-19(12)9-3/h13,17H,7-10H2,1-6H3. The van der Waals surface area contributed by atoms with E-state index in [1.807, 2.05) is 0 Å². The quantitative estimate of drug-likeness (QED) is 0.821. The third kappa shape index (κ3) is 3.82. The second kappa shape index (κ2) is 6.89. The molecule has 0 aliphatic rings. The Balaban J connectivity index is 3.03. The van der Waals surface area contributed by atoms with Gasteiger partial charge in [0.2, 0.25) is 0 Å². The van der Waals surface area contributed by atoms with Crippen molar-refractivity contribution in [2.45, 2.75) is 67.0 Å². The minimum Gasteiger partial charge on any atom is -0.313 e. The van der Waals surface area contributed by atoms with Gasteiger partial charge in [0, 0.05) is 19.0 Å². The number of hydrogen-bond donors (Lipinski definition) is 1. The van der Waals surface area contributed by atoms with Crippen molar-refractivity contribution in [1.29, 1.82) is 0 Å². The van der Waals surface area contributed by atoms with Crippen molar-refractivity contribution in [2.24, 2.45) is 5.41 Å². The third-order valence-electron chi connectivity index (χ3n) is 4.16. The van der Waals surface area contributed by atoms with Crippen LogP contribution in [-0.4, -0.2) is 22.4 Å². The highest BCUT2D eigenvalue weighted by molar-refractivity contribution is 9.10. The second-order valence-corrected chi connectivity index (χ2v) is 6.61. The number of aromatic nitrogens is 2. The van der Waals surface area contributed by atoms with E-state index >= 15 is 0 Å². The van der Waals surface area contributed by atoms with Crippen LogP contribution in [-0.2, 0) is 13.0 Å². The molecule has 0 amide bonds. The molecule has 1 rings (SSSR count). The highest BCUT2D eigenvalue weighted by Crippen LogP contribution is 2.30. The van der Waals surface area contributed by atoms with Gasteiger partial charge >= 0.3 is 0 Å². The van der Waals surface area contributed by atoms with Crippen LogP contribution in [0.15, 0.2) is 4.47 Å². The summed E-state index contributed by atoms with van der Waals surface area (Å²) in [6.45, 7) is 15.3. The molecule has 0 saturated carbocycles. The van der Waals surface area contributed by atoms with E-state index in [0.29, 0.717) is 6.04 Å². The van der Waals surface area contributed by atoms with Gasteiger partial charge in [0.25, 0.3) is 0 Å². The van der Waals surface area contributed by atoms with Gasteiger partial charge in [-0.25, -0.2) is 0 Å². The van der Waals surface area contributed by atoms with Crippen LogP contribution < -0.4 is 5.32 Å². The van der Waals surface area contributed by atoms with Crippen molar-refractivity contribution >= 4 is 15.9 Å². The largest absolute Gasteiger partial charge is 0.313 e. The maximum absolute atomic E-state index is 4.59. The molecule has 1 aromatic rings. The van der Waals surface area contributed by atoms with Gasteiger partial charge in [0.05, 0.1) is 15.9 Å². The van der Waals surface area contributed by atoms with Crippen LogP contribution in [0.1, 0.15) is 52.4 Å². The lowest BCUT2D eigenvalue weighted by Gasteiger charge is -2.34. The minimum atomic E-state index is 0.284. The summed E-state index contributed by atoms with van der Waals surface area (Å²) in [6, 6.07) is 0.472. The molecule has 0 saturated heterocycles. The molecule has 0 spiro atoms. The molecule has 3 nitrogen and oxygen atoms in total. The van der Waals surface area contributed by atoms with Crippen LogP contribution >= 0.6 is 15.9 Å². The van der Waals surface area contributed by atoms with Crippen molar-refractivity contribution in [1.82, 2.24) is 15.1 Å². The van der Waals surface area contributed by atoms with Crippen LogP contribution in [0.2, 0.25) is 0 Å². The summed E-state index contributed by atoms with van der Waals surface area (Å²) < 4.78 is 3.29. The predicted molar refractivity (Wildman–Crippen MR) is 85.6 cm³/mol. The van der Waals surface area contributed by atoms with Gasteiger partial charge in [0.1, 0.15) is 0 Å². The summed E-state index contributed by atoms with van der Waals surface area (Å²) in [5.41, 5.74) is 2.68. The van der Waals surface area contributed by atoms with E-state index in [1.54, 1.807) is 0 Å². The van der Waals surface area contributed by atoms with Crippen molar-refractivity contribution in [3.63, 3.8) is 0 Å². The molecular formula is C15H28BrN3. The molecule has 0 aliphatic heterocycles. The maximum atomic E-state index is 4.59. The number of rotatable bonds is 7. The zero-order valence-electron chi connectivity index (χ0n) is 13.2. The first-order valence-corrected chi connectivity index (χ1v) is 8.11. The van der Waals surface area contributed by atoms with Gasteiger partial charge in [-0.1, -0.05) is 27.7 Å². The molecule has 1 heterocycles. The minimum absolute atomic E-state index is 0.284. The van der Waals surface area contributed by atoms with Crippen LogP contribution in [0.4, 0.5) is 0 Å². The number of halogens is 1. The van der Waals surface area contributed by atoms with Crippen LogP contribution in [0.3, 0.4) is 0 Å². The summed E-state index contributed by atoms with van der Waals surface area (Å²) in [5, 5.41) is 8.24. The van der Waals surface area contributed by atoms with E-state index in [-0.39, 0.29) is 5.41 Å². The highest BCUT2D eigenvalue weighted by atomic mass is 79.9. The molecule has 1 N–H and O–H groups in total. The number of nitrogens with zero attached hydrogens (tertiary/aromatic N) is 2. The van der Waals surface area contributed by atoms with Gasteiger partial charge in [-0.15, -0.1) is 0 Å². The third-order valence-corrected chi connectivity index (χ3v) is 5.19. The molecule has 0 fully saturated rings. The number of aryl methyl sites for hydroxylation is 2. The molecule has 0 aliphatic carbocycles. The number of nitrogens with one attached hydrogen (secondary N) is 1. The van der Waals surface area contributed by atoms with Crippen molar-refractivity contribution < 1.29 is 0 Å². The summed E-state index contributed by atoms with van der Waals surface area (Å²) in [4.78, 5) is 0. The van der Waals surface area contributed by atoms with Gasteiger partial charge < -0.3 is 5.32 Å². The van der Waals surface area contributed by atoms with Gasteiger partial charge in [-0.3, -0.25) is 4.68 Å². The van der Waals surface area contributed by atoms with Crippen molar-refractivity contribution in [3.8, 4) is 0 Å². The fourth-order valence-corrected chi connectivity index (χ4v) is 2.82. The second-order valence-electron chi connectivity index (χ2n) is 5.82. The lowest BCUT2D eigenvalue weighted by atomic mass is 9.79. The first-order valence-electron chi connectivity index (χ1n) is 7.32. The Morgan fingerprint density at radius 3 is 2.42 bits per heavy atom. The average Bonchev–Trinajstić information content (AvgIpc) is 2.65. The van der Waals surface area contributed by atoms with Crippen molar-refractivity contribution in [3.05, 3.63) is 15.9 Å². The van der Waals surface area contributed by atoms with Crippen LogP contribution in [0.5, 0.6) is 0 Å². The smallest absolute Gasteiger partial charge is 0.0738 e. The first kappa shape index (κ1) is 16.7. The van der Waals surface area contributed by atoms with Crippen molar-refractivity contribution in [2.75, 3.05) is 6.54 Å². The normalized spacial score (nSPS) is 13.8. The molecule has 0 radical (unpaired) electrons. The van der Waals surface area contributed by atoms with E-state index < -0.39 is 0 Å². The molecule has 1 atom stereocenters. The molecular weight excluding hydrogens is 302 g/mol. The van der Waals surface area contributed by atoms with E-state index in [0.717, 1.165) is 25.2 Å². The molecule has 0 bridgehead atoms. The topological polar surface area (TPSA) is 29.9 Å². The van der Waals surface area contributed by atoms with E-state index in [1.165, 1.54) is 16.6 Å². The van der Waals surface area contributed by atoms with E-state index in [9.17, 15) is 0 Å². The predicted octanol–water partition coefficient (Wildman–Crippen LogP) is 3.93. The Hall–Kier alpha value is -0.350. The summed E-state index contributed by atoms with van der Waals surface area (Å²) >= 11 is 3.70. The Morgan fingerprint density at radius 2 is 1.95 bits per heavy atom.